The van der Waals surface area contributed by atoms with Crippen LogP contribution >= 0.6 is 0 Å². The fourth-order valence-corrected chi connectivity index (χ4v) is 2.40. The molecule has 0 aliphatic carbocycles. The summed E-state index contributed by atoms with van der Waals surface area (Å²) in [5.41, 5.74) is 2.57. The maximum atomic E-state index is 10.8. The maximum absolute atomic E-state index is 10.8. The smallest absolute Gasteiger partial charge is 0.216 e. The van der Waals surface area contributed by atoms with Crippen molar-refractivity contribution in [3.05, 3.63) is 60.2 Å². The molecular weight excluding hydrogens is 278 g/mol. The zero-order valence-electron chi connectivity index (χ0n) is 12.6. The second-order valence-electron chi connectivity index (χ2n) is 5.24. The summed E-state index contributed by atoms with van der Waals surface area (Å²) in [4.78, 5) is 10.8. The fraction of sp³-hybridized carbons (Fsp3) is 0.278. The van der Waals surface area contributed by atoms with Crippen molar-refractivity contribution in [2.75, 3.05) is 6.54 Å². The molecule has 2 aromatic carbocycles. The highest BCUT2D eigenvalue weighted by molar-refractivity contribution is 5.72. The van der Waals surface area contributed by atoms with Crippen LogP contribution in [-0.4, -0.2) is 28.8 Å². The zero-order chi connectivity index (χ0) is 15.9. The van der Waals surface area contributed by atoms with Crippen LogP contribution in [0.4, 0.5) is 0 Å². The molecule has 2 aromatic rings. The van der Waals surface area contributed by atoms with Crippen molar-refractivity contribution in [1.82, 2.24) is 5.32 Å². The first kappa shape index (κ1) is 16.2. The minimum absolute atomic E-state index is 0.147. The number of benzene rings is 2. The molecule has 3 N–H and O–H groups in total. The van der Waals surface area contributed by atoms with Gasteiger partial charge in [-0.15, -0.1) is 0 Å². The Morgan fingerprint density at radius 2 is 1.68 bits per heavy atom. The van der Waals surface area contributed by atoms with Crippen LogP contribution in [0, 0.1) is 0 Å². The van der Waals surface area contributed by atoms with Gasteiger partial charge in [-0.2, -0.15) is 0 Å². The number of carbonyl (C=O) groups is 1. The van der Waals surface area contributed by atoms with Gasteiger partial charge in [0.2, 0.25) is 5.91 Å². The monoisotopic (exact) mass is 299 g/mol. The molecule has 0 radical (unpaired) electrons. The van der Waals surface area contributed by atoms with Crippen LogP contribution in [0.1, 0.15) is 25.0 Å². The quantitative estimate of drug-likeness (QED) is 0.766. The Labute approximate surface area is 130 Å². The molecule has 2 unspecified atom stereocenters. The Balaban J connectivity index is 2.16. The minimum Gasteiger partial charge on any atom is -0.390 e. The third-order valence-corrected chi connectivity index (χ3v) is 3.54. The van der Waals surface area contributed by atoms with Gasteiger partial charge in [-0.3, -0.25) is 4.79 Å². The van der Waals surface area contributed by atoms with Crippen LogP contribution in [0.3, 0.4) is 0 Å². The third kappa shape index (κ3) is 4.16. The summed E-state index contributed by atoms with van der Waals surface area (Å²) in [5, 5.41) is 23.2. The number of nitrogens with one attached hydrogen (secondary N) is 1. The minimum atomic E-state index is -0.995. The summed E-state index contributed by atoms with van der Waals surface area (Å²) < 4.78 is 0. The van der Waals surface area contributed by atoms with Crippen LogP contribution in [-0.2, 0) is 4.79 Å². The van der Waals surface area contributed by atoms with Gasteiger partial charge >= 0.3 is 0 Å². The van der Waals surface area contributed by atoms with Crippen LogP contribution < -0.4 is 5.32 Å². The van der Waals surface area contributed by atoms with E-state index in [-0.39, 0.29) is 5.91 Å². The number of aliphatic hydroxyl groups excluding tert-OH is 2. The average Bonchev–Trinajstić information content (AvgIpc) is 2.54. The lowest BCUT2D eigenvalue weighted by Crippen LogP contribution is -2.27. The molecule has 0 saturated carbocycles. The zero-order valence-corrected chi connectivity index (χ0v) is 12.6. The molecule has 0 aliphatic rings. The maximum Gasteiger partial charge on any atom is 0.216 e. The van der Waals surface area contributed by atoms with Crippen molar-refractivity contribution in [3.63, 3.8) is 0 Å². The summed E-state index contributed by atoms with van der Waals surface area (Å²) in [6.07, 6.45) is -1.63. The standard InChI is InChI=1S/C18H21NO3/c1-13(20)19-12-11-17(21)18(22)16-10-6-5-9-15(16)14-7-3-2-4-8-14/h2-10,17-18,21-22H,11-12H2,1H3,(H,19,20). The van der Waals surface area contributed by atoms with Gasteiger partial charge in [-0.25, -0.2) is 0 Å². The number of amides is 1. The van der Waals surface area contributed by atoms with Crippen molar-refractivity contribution in [3.8, 4) is 11.1 Å². The van der Waals surface area contributed by atoms with Crippen molar-refractivity contribution in [2.45, 2.75) is 25.6 Å². The predicted octanol–water partition coefficient (Wildman–Crippen LogP) is 2.27. The first-order valence-electron chi connectivity index (χ1n) is 7.34. The Morgan fingerprint density at radius 3 is 2.36 bits per heavy atom. The largest absolute Gasteiger partial charge is 0.390 e. The summed E-state index contributed by atoms with van der Waals surface area (Å²) in [6.45, 7) is 1.76. The topological polar surface area (TPSA) is 69.6 Å². The van der Waals surface area contributed by atoms with Crippen molar-refractivity contribution in [1.29, 1.82) is 0 Å². The number of hydrogen-bond acceptors (Lipinski definition) is 3. The normalized spacial score (nSPS) is 13.4. The molecule has 0 aromatic heterocycles. The first-order valence-corrected chi connectivity index (χ1v) is 7.34. The molecule has 0 heterocycles. The molecule has 0 aliphatic heterocycles. The highest BCUT2D eigenvalue weighted by atomic mass is 16.3. The summed E-state index contributed by atoms with van der Waals surface area (Å²) in [6, 6.07) is 17.2. The Hall–Kier alpha value is -2.17. The van der Waals surface area contributed by atoms with Crippen LogP contribution in [0.5, 0.6) is 0 Å². The van der Waals surface area contributed by atoms with Gasteiger partial charge in [0.25, 0.3) is 0 Å². The molecule has 4 heteroatoms. The number of hydrogen-bond donors (Lipinski definition) is 3. The SMILES string of the molecule is CC(=O)NCCC(O)C(O)c1ccccc1-c1ccccc1. The highest BCUT2D eigenvalue weighted by Gasteiger charge is 2.21. The van der Waals surface area contributed by atoms with Crippen LogP contribution in [0.15, 0.2) is 54.6 Å². The van der Waals surface area contributed by atoms with Crippen molar-refractivity contribution >= 4 is 5.91 Å². The lowest BCUT2D eigenvalue weighted by atomic mass is 9.93. The van der Waals surface area contributed by atoms with Crippen LogP contribution in [0.25, 0.3) is 11.1 Å². The van der Waals surface area contributed by atoms with Crippen LogP contribution in [0.2, 0.25) is 0 Å². The predicted molar refractivity (Wildman–Crippen MR) is 86.1 cm³/mol. The van der Waals surface area contributed by atoms with Crippen molar-refractivity contribution < 1.29 is 15.0 Å². The Bertz CT molecular complexity index is 613. The van der Waals surface area contributed by atoms with Gasteiger partial charge in [0.05, 0.1) is 6.10 Å². The molecule has 2 rings (SSSR count). The van der Waals surface area contributed by atoms with E-state index in [0.717, 1.165) is 11.1 Å². The Morgan fingerprint density at radius 1 is 1.05 bits per heavy atom. The van der Waals surface area contributed by atoms with E-state index < -0.39 is 12.2 Å². The molecule has 22 heavy (non-hydrogen) atoms. The molecule has 1 amide bonds. The molecule has 0 bridgehead atoms. The van der Waals surface area contributed by atoms with Gasteiger partial charge in [-0.05, 0) is 23.1 Å². The lowest BCUT2D eigenvalue weighted by Gasteiger charge is -2.21. The van der Waals surface area contributed by atoms with E-state index in [4.69, 9.17) is 0 Å². The van der Waals surface area contributed by atoms with Gasteiger partial charge in [0, 0.05) is 13.5 Å². The summed E-state index contributed by atoms with van der Waals surface area (Å²) in [5.74, 6) is -0.147. The van der Waals surface area contributed by atoms with E-state index >= 15 is 0 Å². The van der Waals surface area contributed by atoms with E-state index in [1.165, 1.54) is 6.92 Å². The molecule has 0 saturated heterocycles. The third-order valence-electron chi connectivity index (χ3n) is 3.54. The van der Waals surface area contributed by atoms with Gasteiger partial charge in [0.1, 0.15) is 6.10 Å². The molecule has 0 spiro atoms. The van der Waals surface area contributed by atoms with E-state index in [1.54, 1.807) is 0 Å². The van der Waals surface area contributed by atoms with E-state index in [9.17, 15) is 15.0 Å². The molecule has 0 fully saturated rings. The number of carbonyl (C=O) groups excluding carboxylic acids is 1. The molecule has 116 valence electrons. The van der Waals surface area contributed by atoms with Gasteiger partial charge in [-0.1, -0.05) is 54.6 Å². The second-order valence-corrected chi connectivity index (χ2v) is 5.24. The van der Waals surface area contributed by atoms with E-state index in [1.807, 2.05) is 54.6 Å². The Kier molecular flexibility index (Phi) is 5.69. The number of rotatable bonds is 6. The fourth-order valence-electron chi connectivity index (χ4n) is 2.40. The molecule has 4 nitrogen and oxygen atoms in total. The first-order chi connectivity index (χ1) is 10.6. The summed E-state index contributed by atoms with van der Waals surface area (Å²) in [7, 11) is 0. The van der Waals surface area contributed by atoms with Gasteiger partial charge in [0.15, 0.2) is 0 Å². The van der Waals surface area contributed by atoms with Crippen molar-refractivity contribution in [2.24, 2.45) is 0 Å². The average molecular weight is 299 g/mol. The number of aliphatic hydroxyl groups is 2. The van der Waals surface area contributed by atoms with E-state index in [0.29, 0.717) is 18.5 Å². The lowest BCUT2D eigenvalue weighted by molar-refractivity contribution is -0.119. The molecular formula is C18H21NO3. The molecule has 2 atom stereocenters. The summed E-state index contributed by atoms with van der Waals surface area (Å²) >= 11 is 0. The van der Waals surface area contributed by atoms with E-state index in [2.05, 4.69) is 5.32 Å². The van der Waals surface area contributed by atoms with Gasteiger partial charge < -0.3 is 15.5 Å². The highest BCUT2D eigenvalue weighted by Crippen LogP contribution is 2.30. The second kappa shape index (κ2) is 7.73.